The first-order chi connectivity index (χ1) is 13.4. The zero-order valence-electron chi connectivity index (χ0n) is 15.8. The third-order valence-corrected chi connectivity index (χ3v) is 5.35. The van der Waals surface area contributed by atoms with Crippen molar-refractivity contribution in [2.45, 2.75) is 6.42 Å². The van der Waals surface area contributed by atoms with Gasteiger partial charge >= 0.3 is 0 Å². The van der Waals surface area contributed by atoms with E-state index in [1.54, 1.807) is 17.0 Å². The highest BCUT2D eigenvalue weighted by Crippen LogP contribution is 2.29. The highest BCUT2D eigenvalue weighted by Gasteiger charge is 2.21. The van der Waals surface area contributed by atoms with Crippen molar-refractivity contribution in [1.29, 1.82) is 0 Å². The molecule has 0 spiro atoms. The Morgan fingerprint density at radius 1 is 1.21 bits per heavy atom. The van der Waals surface area contributed by atoms with Gasteiger partial charge in [0.1, 0.15) is 5.82 Å². The minimum atomic E-state index is -0.426. The van der Waals surface area contributed by atoms with E-state index < -0.39 is 5.82 Å². The molecule has 0 aliphatic carbocycles. The Bertz CT molecular complexity index is 943. The largest absolute Gasteiger partial charge is 0.340 e. The first-order valence-electron chi connectivity index (χ1n) is 9.02. The van der Waals surface area contributed by atoms with Crippen LogP contribution in [0.5, 0.6) is 0 Å². The topological polar surface area (TPSA) is 37.6 Å². The molecule has 0 radical (unpaired) electrons. The van der Waals surface area contributed by atoms with Gasteiger partial charge in [-0.2, -0.15) is 0 Å². The number of anilines is 1. The predicted octanol–water partition coefficient (Wildman–Crippen LogP) is 3.78. The van der Waals surface area contributed by atoms with Gasteiger partial charge in [-0.15, -0.1) is 11.3 Å². The molecule has 4 nitrogen and oxygen atoms in total. The molecule has 1 heterocycles. The van der Waals surface area contributed by atoms with Crippen LogP contribution in [0.1, 0.15) is 16.8 Å². The molecule has 0 fully saturated rings. The lowest BCUT2D eigenvalue weighted by molar-refractivity contribution is -0.858. The molecule has 2 aromatic carbocycles. The van der Waals surface area contributed by atoms with Gasteiger partial charge in [-0.3, -0.25) is 9.69 Å². The van der Waals surface area contributed by atoms with Crippen molar-refractivity contribution >= 4 is 34.0 Å². The molecule has 0 atom stereocenters. The number of halogens is 2. The molecule has 1 aromatic heterocycles. The lowest BCUT2D eigenvalue weighted by Crippen LogP contribution is -3.05. The molecule has 3 aromatic rings. The maximum atomic E-state index is 13.6. The summed E-state index contributed by atoms with van der Waals surface area (Å²) in [6.45, 7) is 1.44. The first kappa shape index (κ1) is 20.5. The number of quaternary nitrogens is 1. The van der Waals surface area contributed by atoms with Gasteiger partial charge in [0, 0.05) is 34.5 Å². The van der Waals surface area contributed by atoms with Crippen LogP contribution in [0.3, 0.4) is 0 Å². The minimum absolute atomic E-state index is 0.245. The van der Waals surface area contributed by atoms with Crippen molar-refractivity contribution in [2.75, 3.05) is 32.1 Å². The van der Waals surface area contributed by atoms with Gasteiger partial charge in [-0.25, -0.2) is 9.37 Å². The molecule has 3 rings (SSSR count). The Hall–Kier alpha value is -2.28. The number of aromatic nitrogens is 1. The van der Waals surface area contributed by atoms with E-state index in [0.717, 1.165) is 24.2 Å². The van der Waals surface area contributed by atoms with Crippen LogP contribution in [0.15, 0.2) is 53.9 Å². The van der Waals surface area contributed by atoms with Gasteiger partial charge in [0.05, 0.1) is 26.3 Å². The lowest BCUT2D eigenvalue weighted by Gasteiger charge is -2.20. The molecule has 146 valence electrons. The van der Waals surface area contributed by atoms with Crippen molar-refractivity contribution in [1.82, 2.24) is 4.98 Å². The number of carbonyl (C=O) groups excluding carboxylic acids is 1. The monoisotopic (exact) mass is 418 g/mol. The van der Waals surface area contributed by atoms with Crippen LogP contribution in [0.4, 0.5) is 9.52 Å². The van der Waals surface area contributed by atoms with Crippen LogP contribution in [0.2, 0.25) is 5.02 Å². The zero-order chi connectivity index (χ0) is 20.1. The van der Waals surface area contributed by atoms with Crippen molar-refractivity contribution in [3.05, 3.63) is 70.3 Å². The van der Waals surface area contributed by atoms with Gasteiger partial charge in [-0.1, -0.05) is 29.8 Å². The van der Waals surface area contributed by atoms with Gasteiger partial charge in [0.2, 0.25) is 0 Å². The van der Waals surface area contributed by atoms with Crippen LogP contribution in [0, 0.1) is 5.82 Å². The summed E-state index contributed by atoms with van der Waals surface area (Å²) in [6.07, 6.45) is 0.819. The second-order valence-electron chi connectivity index (χ2n) is 6.80. The molecule has 0 aliphatic rings. The highest BCUT2D eigenvalue weighted by atomic mass is 35.5. The minimum Gasteiger partial charge on any atom is -0.340 e. The van der Waals surface area contributed by atoms with Crippen molar-refractivity contribution in [2.24, 2.45) is 0 Å². The number of hydrogen-bond donors (Lipinski definition) is 1. The predicted molar refractivity (Wildman–Crippen MR) is 113 cm³/mol. The molecule has 1 N–H and O–H groups in total. The van der Waals surface area contributed by atoms with Gasteiger partial charge in [-0.05, 0) is 30.3 Å². The third-order valence-electron chi connectivity index (χ3n) is 4.24. The van der Waals surface area contributed by atoms with Gasteiger partial charge in [0.15, 0.2) is 5.13 Å². The molecule has 28 heavy (non-hydrogen) atoms. The Labute approximate surface area is 173 Å². The van der Waals surface area contributed by atoms with E-state index >= 15 is 0 Å². The summed E-state index contributed by atoms with van der Waals surface area (Å²) < 4.78 is 13.6. The van der Waals surface area contributed by atoms with Gasteiger partial charge in [0.25, 0.3) is 5.91 Å². The van der Waals surface area contributed by atoms with E-state index in [0.29, 0.717) is 22.3 Å². The molecule has 0 unspecified atom stereocenters. The molecule has 0 saturated carbocycles. The summed E-state index contributed by atoms with van der Waals surface area (Å²) in [5.74, 6) is -0.671. The number of nitrogens with one attached hydrogen (secondary N) is 1. The summed E-state index contributed by atoms with van der Waals surface area (Å²) in [5, 5.41) is 3.18. The molecule has 7 heteroatoms. The number of amides is 1. The highest BCUT2D eigenvalue weighted by molar-refractivity contribution is 7.14. The number of thiazole rings is 1. The fourth-order valence-electron chi connectivity index (χ4n) is 2.79. The van der Waals surface area contributed by atoms with E-state index in [1.807, 2.05) is 29.6 Å². The van der Waals surface area contributed by atoms with E-state index in [4.69, 9.17) is 11.6 Å². The molecule has 0 aliphatic heterocycles. The van der Waals surface area contributed by atoms with Crippen LogP contribution in [-0.2, 0) is 0 Å². The van der Waals surface area contributed by atoms with Crippen LogP contribution < -0.4 is 9.80 Å². The van der Waals surface area contributed by atoms with Crippen molar-refractivity contribution in [3.63, 3.8) is 0 Å². The fraction of sp³-hybridized carbons (Fsp3) is 0.238. The number of carbonyl (C=O) groups is 1. The van der Waals surface area contributed by atoms with Crippen LogP contribution in [0.25, 0.3) is 11.3 Å². The number of hydrogen-bond acceptors (Lipinski definition) is 3. The Kier molecular flexibility index (Phi) is 6.78. The second-order valence-corrected chi connectivity index (χ2v) is 8.07. The average Bonchev–Trinajstić information content (AvgIpc) is 3.15. The quantitative estimate of drug-likeness (QED) is 0.634. The first-order valence-corrected chi connectivity index (χ1v) is 10.3. The van der Waals surface area contributed by atoms with E-state index in [9.17, 15) is 9.18 Å². The van der Waals surface area contributed by atoms with E-state index in [2.05, 4.69) is 19.1 Å². The van der Waals surface area contributed by atoms with Crippen molar-refractivity contribution in [3.8, 4) is 11.3 Å². The summed E-state index contributed by atoms with van der Waals surface area (Å²) in [7, 11) is 4.14. The third kappa shape index (κ3) is 5.16. The normalized spacial score (nSPS) is 11.0. The standard InChI is InChI=1S/C21H21ClFN3OS/c1-25(2)11-4-12-26(20(27)16-5-3-6-18(23)13-16)21-24-19(14-28-21)15-7-9-17(22)10-8-15/h3,5-10,13-14H,4,11-12H2,1-2H3/p+1. The molecule has 1 amide bonds. The SMILES string of the molecule is C[NH+](C)CCCN(C(=O)c1cccc(F)c1)c1nc(-c2ccc(Cl)cc2)cs1. The van der Waals surface area contributed by atoms with Crippen LogP contribution >= 0.6 is 22.9 Å². The van der Waals surface area contributed by atoms with Crippen molar-refractivity contribution < 1.29 is 14.1 Å². The molecular weight excluding hydrogens is 397 g/mol. The smallest absolute Gasteiger partial charge is 0.260 e. The van der Waals surface area contributed by atoms with Gasteiger partial charge < -0.3 is 4.90 Å². The molecular formula is C21H22ClFN3OS+. The van der Waals surface area contributed by atoms with Crippen LogP contribution in [-0.4, -0.2) is 38.1 Å². The second kappa shape index (κ2) is 9.28. The summed E-state index contributed by atoms with van der Waals surface area (Å²) >= 11 is 7.36. The number of nitrogens with zero attached hydrogens (tertiary/aromatic N) is 2. The Morgan fingerprint density at radius 3 is 2.64 bits per heavy atom. The lowest BCUT2D eigenvalue weighted by atomic mass is 10.2. The maximum Gasteiger partial charge on any atom is 0.260 e. The Balaban J connectivity index is 1.88. The average molecular weight is 419 g/mol. The molecule has 0 saturated heterocycles. The molecule has 0 bridgehead atoms. The maximum absolute atomic E-state index is 13.6. The summed E-state index contributed by atoms with van der Waals surface area (Å²) in [6, 6.07) is 13.2. The summed E-state index contributed by atoms with van der Waals surface area (Å²) in [5.41, 5.74) is 2.04. The number of rotatable bonds is 7. The zero-order valence-corrected chi connectivity index (χ0v) is 17.4. The summed E-state index contributed by atoms with van der Waals surface area (Å²) in [4.78, 5) is 20.7. The van der Waals surface area contributed by atoms with E-state index in [1.165, 1.54) is 28.4 Å². The Morgan fingerprint density at radius 2 is 1.96 bits per heavy atom. The fourth-order valence-corrected chi connectivity index (χ4v) is 3.78. The number of benzene rings is 2. The van der Waals surface area contributed by atoms with E-state index in [-0.39, 0.29) is 5.91 Å².